The van der Waals surface area contributed by atoms with Crippen molar-refractivity contribution in [1.82, 2.24) is 14.7 Å². The highest BCUT2D eigenvalue weighted by Gasteiger charge is 2.34. The molecule has 6 nitrogen and oxygen atoms in total. The number of carbonyl (C=O) groups excluding carboxylic acids is 2. The molecule has 138 valence electrons. The average molecular weight is 395 g/mol. The molecule has 1 aromatic carbocycles. The molecule has 0 saturated carbocycles. The zero-order valence-corrected chi connectivity index (χ0v) is 16.1. The SMILES string of the molecule is Cc1nn(C)cc1C(=O)N1CCCCC1C(=O)Nc1ccc(Cl)cc1Cl. The number of piperidine rings is 1. The molecule has 8 heteroatoms. The lowest BCUT2D eigenvalue weighted by molar-refractivity contribution is -0.121. The number of rotatable bonds is 3. The van der Waals surface area contributed by atoms with Crippen LogP contribution in [-0.4, -0.2) is 39.1 Å². The van der Waals surface area contributed by atoms with Gasteiger partial charge in [-0.2, -0.15) is 5.10 Å². The summed E-state index contributed by atoms with van der Waals surface area (Å²) in [6, 6.07) is 4.35. The number of nitrogens with one attached hydrogen (secondary N) is 1. The maximum atomic E-state index is 13.0. The monoisotopic (exact) mass is 394 g/mol. The number of amides is 2. The van der Waals surface area contributed by atoms with Crippen LogP contribution >= 0.6 is 23.2 Å². The lowest BCUT2D eigenvalue weighted by atomic mass is 10.00. The fourth-order valence-electron chi connectivity index (χ4n) is 3.22. The Morgan fingerprint density at radius 2 is 2.04 bits per heavy atom. The van der Waals surface area contributed by atoms with Crippen molar-refractivity contribution in [2.45, 2.75) is 32.2 Å². The fraction of sp³-hybridized carbons (Fsp3) is 0.389. The first-order chi connectivity index (χ1) is 12.4. The van der Waals surface area contributed by atoms with Gasteiger partial charge >= 0.3 is 0 Å². The van der Waals surface area contributed by atoms with E-state index in [1.54, 1.807) is 47.9 Å². The number of likely N-dealkylation sites (tertiary alicyclic amines) is 1. The first-order valence-electron chi connectivity index (χ1n) is 8.44. The molecule has 2 amide bonds. The average Bonchev–Trinajstić information content (AvgIpc) is 2.95. The zero-order valence-electron chi connectivity index (χ0n) is 14.6. The number of halogens is 2. The van der Waals surface area contributed by atoms with Gasteiger partial charge in [-0.15, -0.1) is 0 Å². The molecule has 0 aliphatic carbocycles. The van der Waals surface area contributed by atoms with Gasteiger partial charge < -0.3 is 10.2 Å². The summed E-state index contributed by atoms with van der Waals surface area (Å²) < 4.78 is 1.61. The van der Waals surface area contributed by atoms with Crippen molar-refractivity contribution in [2.24, 2.45) is 7.05 Å². The van der Waals surface area contributed by atoms with E-state index in [0.29, 0.717) is 40.0 Å². The summed E-state index contributed by atoms with van der Waals surface area (Å²) in [5, 5.41) is 7.90. The highest BCUT2D eigenvalue weighted by molar-refractivity contribution is 6.36. The van der Waals surface area contributed by atoms with Crippen LogP contribution in [0.5, 0.6) is 0 Å². The summed E-state index contributed by atoms with van der Waals surface area (Å²) in [4.78, 5) is 27.4. The van der Waals surface area contributed by atoms with Crippen LogP contribution in [-0.2, 0) is 11.8 Å². The number of aryl methyl sites for hydroxylation is 2. The number of nitrogens with zero attached hydrogens (tertiary/aromatic N) is 3. The topological polar surface area (TPSA) is 67.2 Å². The smallest absolute Gasteiger partial charge is 0.258 e. The Labute approximate surface area is 162 Å². The Balaban J connectivity index is 1.81. The quantitative estimate of drug-likeness (QED) is 0.863. The first kappa shape index (κ1) is 18.7. The van der Waals surface area contributed by atoms with Gasteiger partial charge in [0.2, 0.25) is 5.91 Å². The molecule has 1 atom stereocenters. The number of carbonyl (C=O) groups is 2. The molecule has 3 rings (SSSR count). The maximum Gasteiger partial charge on any atom is 0.258 e. The molecule has 1 unspecified atom stereocenters. The molecule has 1 aliphatic heterocycles. The van der Waals surface area contributed by atoms with E-state index < -0.39 is 6.04 Å². The number of hydrogen-bond acceptors (Lipinski definition) is 3. The van der Waals surface area contributed by atoms with Crippen LogP contribution < -0.4 is 5.32 Å². The maximum absolute atomic E-state index is 13.0. The molecule has 0 bridgehead atoms. The lowest BCUT2D eigenvalue weighted by Gasteiger charge is -2.34. The summed E-state index contributed by atoms with van der Waals surface area (Å²) >= 11 is 12.0. The van der Waals surface area contributed by atoms with Gasteiger partial charge in [0.15, 0.2) is 0 Å². The second kappa shape index (κ2) is 7.68. The molecule has 0 radical (unpaired) electrons. The van der Waals surface area contributed by atoms with Gasteiger partial charge in [-0.05, 0) is 44.4 Å². The van der Waals surface area contributed by atoms with Crippen molar-refractivity contribution in [3.05, 3.63) is 45.7 Å². The molecule has 2 aromatic rings. The third-order valence-electron chi connectivity index (χ3n) is 4.50. The van der Waals surface area contributed by atoms with Gasteiger partial charge in [0, 0.05) is 24.8 Å². The van der Waals surface area contributed by atoms with Crippen LogP contribution in [0.3, 0.4) is 0 Å². The third kappa shape index (κ3) is 3.86. The van der Waals surface area contributed by atoms with E-state index in [0.717, 1.165) is 12.8 Å². The van der Waals surface area contributed by atoms with Gasteiger partial charge in [0.25, 0.3) is 5.91 Å². The van der Waals surface area contributed by atoms with E-state index >= 15 is 0 Å². The highest BCUT2D eigenvalue weighted by atomic mass is 35.5. The Bertz CT molecular complexity index is 850. The van der Waals surface area contributed by atoms with E-state index in [-0.39, 0.29) is 11.8 Å². The molecular formula is C18H20Cl2N4O2. The van der Waals surface area contributed by atoms with E-state index in [1.165, 1.54) is 0 Å². The molecule has 1 aliphatic rings. The van der Waals surface area contributed by atoms with E-state index in [2.05, 4.69) is 10.4 Å². The minimum Gasteiger partial charge on any atom is -0.327 e. The predicted octanol–water partition coefficient (Wildman–Crippen LogP) is 3.67. The molecule has 1 fully saturated rings. The normalized spacial score (nSPS) is 17.2. The Kier molecular flexibility index (Phi) is 5.53. The van der Waals surface area contributed by atoms with Crippen molar-refractivity contribution in [3.63, 3.8) is 0 Å². The van der Waals surface area contributed by atoms with Crippen molar-refractivity contribution in [3.8, 4) is 0 Å². The Morgan fingerprint density at radius 1 is 1.27 bits per heavy atom. The number of anilines is 1. The van der Waals surface area contributed by atoms with Crippen molar-refractivity contribution < 1.29 is 9.59 Å². The molecule has 1 saturated heterocycles. The highest BCUT2D eigenvalue weighted by Crippen LogP contribution is 2.27. The minimum absolute atomic E-state index is 0.169. The first-order valence-corrected chi connectivity index (χ1v) is 9.19. The van der Waals surface area contributed by atoms with Gasteiger partial charge in [-0.3, -0.25) is 14.3 Å². The van der Waals surface area contributed by atoms with Gasteiger partial charge in [-0.1, -0.05) is 23.2 Å². The van der Waals surface area contributed by atoms with Crippen molar-refractivity contribution >= 4 is 40.7 Å². The number of aromatic nitrogens is 2. The standard InChI is InChI=1S/C18H20Cl2N4O2/c1-11-13(10-23(2)22-11)18(26)24-8-4-3-5-16(24)17(25)21-15-7-6-12(19)9-14(15)20/h6-7,9-10,16H,3-5,8H2,1-2H3,(H,21,25). The van der Waals surface area contributed by atoms with Crippen LogP contribution in [0.15, 0.2) is 24.4 Å². The minimum atomic E-state index is -0.539. The molecule has 1 N–H and O–H groups in total. The Morgan fingerprint density at radius 3 is 2.69 bits per heavy atom. The van der Waals surface area contributed by atoms with Crippen LogP contribution in [0, 0.1) is 6.92 Å². The summed E-state index contributed by atoms with van der Waals surface area (Å²) in [5.74, 6) is -0.415. The second-order valence-corrected chi connectivity index (χ2v) is 7.27. The third-order valence-corrected chi connectivity index (χ3v) is 5.05. The van der Waals surface area contributed by atoms with E-state index in [9.17, 15) is 9.59 Å². The molecule has 0 spiro atoms. The number of benzene rings is 1. The van der Waals surface area contributed by atoms with Crippen LogP contribution in [0.25, 0.3) is 0 Å². The molecule has 2 heterocycles. The summed E-state index contributed by atoms with van der Waals surface area (Å²) in [7, 11) is 1.77. The van der Waals surface area contributed by atoms with Crippen LogP contribution in [0.1, 0.15) is 35.3 Å². The van der Waals surface area contributed by atoms with Crippen molar-refractivity contribution in [2.75, 3.05) is 11.9 Å². The summed E-state index contributed by atoms with van der Waals surface area (Å²) in [6.45, 7) is 2.33. The fourth-order valence-corrected chi connectivity index (χ4v) is 3.67. The van der Waals surface area contributed by atoms with Crippen LogP contribution in [0.4, 0.5) is 5.69 Å². The van der Waals surface area contributed by atoms with Gasteiger partial charge in [0.1, 0.15) is 6.04 Å². The zero-order chi connectivity index (χ0) is 18.8. The van der Waals surface area contributed by atoms with E-state index in [1.807, 2.05) is 0 Å². The van der Waals surface area contributed by atoms with Crippen molar-refractivity contribution in [1.29, 1.82) is 0 Å². The predicted molar refractivity (Wildman–Crippen MR) is 102 cm³/mol. The lowest BCUT2D eigenvalue weighted by Crippen LogP contribution is -2.50. The second-order valence-electron chi connectivity index (χ2n) is 6.43. The van der Waals surface area contributed by atoms with E-state index in [4.69, 9.17) is 23.2 Å². The summed E-state index contributed by atoms with van der Waals surface area (Å²) in [5.41, 5.74) is 1.66. The van der Waals surface area contributed by atoms with Crippen LogP contribution in [0.2, 0.25) is 10.0 Å². The number of hydrogen-bond donors (Lipinski definition) is 1. The summed E-state index contributed by atoms with van der Waals surface area (Å²) in [6.07, 6.45) is 4.07. The largest absolute Gasteiger partial charge is 0.327 e. The molecule has 26 heavy (non-hydrogen) atoms. The Hall–Kier alpha value is -2.05. The van der Waals surface area contributed by atoms with Gasteiger partial charge in [-0.25, -0.2) is 0 Å². The van der Waals surface area contributed by atoms with Gasteiger partial charge in [0.05, 0.1) is 22.0 Å². The molecule has 1 aromatic heterocycles. The molecular weight excluding hydrogens is 375 g/mol.